The average molecular weight is 532 g/mol. The van der Waals surface area contributed by atoms with Crippen LogP contribution in [0.25, 0.3) is 0 Å². The van der Waals surface area contributed by atoms with Crippen LogP contribution in [0.3, 0.4) is 0 Å². The molecule has 0 saturated carbocycles. The number of benzene rings is 3. The fourth-order valence-corrected chi connectivity index (χ4v) is 3.99. The number of alkyl carbamates (subject to hydrolysis) is 1. The van der Waals surface area contributed by atoms with Crippen molar-refractivity contribution in [2.75, 3.05) is 21.3 Å². The van der Waals surface area contributed by atoms with Crippen LogP contribution >= 0.6 is 0 Å². The lowest BCUT2D eigenvalue weighted by Crippen LogP contribution is -2.53. The van der Waals surface area contributed by atoms with Crippen LogP contribution in [0.2, 0.25) is 0 Å². The molecule has 204 valence electrons. The largest absolute Gasteiger partial charge is 0.493 e. The lowest BCUT2D eigenvalue weighted by atomic mass is 9.78. The third-order valence-electron chi connectivity index (χ3n) is 6.03. The van der Waals surface area contributed by atoms with Gasteiger partial charge in [-0.2, -0.15) is 0 Å². The Balaban J connectivity index is 1.71. The van der Waals surface area contributed by atoms with E-state index in [-0.39, 0.29) is 19.4 Å². The van der Waals surface area contributed by atoms with E-state index >= 15 is 0 Å². The molecule has 0 unspecified atom stereocenters. The highest BCUT2D eigenvalue weighted by Crippen LogP contribution is 2.09. The zero-order valence-electron chi connectivity index (χ0n) is 22.3. The van der Waals surface area contributed by atoms with Crippen molar-refractivity contribution in [1.29, 1.82) is 0 Å². The molecule has 3 aromatic rings. The van der Waals surface area contributed by atoms with Gasteiger partial charge in [0, 0.05) is 27.1 Å². The Labute approximate surface area is 228 Å². The molecule has 0 aliphatic carbocycles. The van der Waals surface area contributed by atoms with Crippen molar-refractivity contribution in [2.24, 2.45) is 0 Å². The summed E-state index contributed by atoms with van der Waals surface area (Å²) in [4.78, 5) is 38.6. The molecule has 0 aromatic heterocycles. The second kappa shape index (κ2) is 15.3. The first-order chi connectivity index (χ1) is 18.9. The molecule has 0 saturated heterocycles. The standard InChI is InChI=1S/C29H33BN2O7/c1-36-28(34)26(19-22-14-16-24(17-15-22)30(37-2)38-3)31-27(33)25(18-21-10-6-4-7-11-21)32-29(35)39-20-23-12-8-5-9-13-23/h4-17,25-26H,18-20H2,1-3H3,(H,31,33)(H,32,35)/t25-,26-/m0/s1. The predicted octanol–water partition coefficient (Wildman–Crippen LogP) is 2.41. The molecule has 3 rings (SSSR count). The van der Waals surface area contributed by atoms with E-state index < -0.39 is 37.2 Å². The van der Waals surface area contributed by atoms with Gasteiger partial charge in [0.05, 0.1) is 7.11 Å². The van der Waals surface area contributed by atoms with Gasteiger partial charge in [0.15, 0.2) is 0 Å². The van der Waals surface area contributed by atoms with Crippen molar-refractivity contribution >= 4 is 30.6 Å². The molecular weight excluding hydrogens is 499 g/mol. The summed E-state index contributed by atoms with van der Waals surface area (Å²) in [6, 6.07) is 23.8. The SMILES string of the molecule is COB(OC)c1ccc(C[C@H](NC(=O)[C@H](Cc2ccccc2)NC(=O)OCc2ccccc2)C(=O)OC)cc1. The first-order valence-corrected chi connectivity index (χ1v) is 12.5. The van der Waals surface area contributed by atoms with Gasteiger partial charge < -0.3 is 29.4 Å². The molecular formula is C29H33BN2O7. The molecule has 0 spiro atoms. The van der Waals surface area contributed by atoms with Crippen LogP contribution in [-0.2, 0) is 47.8 Å². The summed E-state index contributed by atoms with van der Waals surface area (Å²) < 4.78 is 20.8. The van der Waals surface area contributed by atoms with Crippen molar-refractivity contribution in [2.45, 2.75) is 31.5 Å². The van der Waals surface area contributed by atoms with Crippen LogP contribution in [-0.4, -0.2) is 58.5 Å². The van der Waals surface area contributed by atoms with Crippen LogP contribution in [0.5, 0.6) is 0 Å². The summed E-state index contributed by atoms with van der Waals surface area (Å²) in [6.45, 7) is 0.0557. The number of rotatable bonds is 13. The molecule has 3 aromatic carbocycles. The van der Waals surface area contributed by atoms with Gasteiger partial charge in [-0.05, 0) is 22.2 Å². The predicted molar refractivity (Wildman–Crippen MR) is 147 cm³/mol. The summed E-state index contributed by atoms with van der Waals surface area (Å²) >= 11 is 0. The normalized spacial score (nSPS) is 12.1. The molecule has 0 heterocycles. The Morgan fingerprint density at radius 3 is 1.79 bits per heavy atom. The zero-order valence-corrected chi connectivity index (χ0v) is 22.3. The summed E-state index contributed by atoms with van der Waals surface area (Å²) in [5.41, 5.74) is 3.24. The zero-order chi connectivity index (χ0) is 28.0. The Morgan fingerprint density at radius 1 is 0.692 bits per heavy atom. The number of carbonyl (C=O) groups excluding carboxylic acids is 3. The number of hydrogen-bond donors (Lipinski definition) is 2. The first-order valence-electron chi connectivity index (χ1n) is 12.5. The maximum absolute atomic E-state index is 13.4. The molecule has 10 heteroatoms. The number of nitrogens with one attached hydrogen (secondary N) is 2. The topological polar surface area (TPSA) is 112 Å². The Bertz CT molecular complexity index is 1190. The average Bonchev–Trinajstić information content (AvgIpc) is 2.97. The van der Waals surface area contributed by atoms with E-state index in [1.54, 1.807) is 14.2 Å². The van der Waals surface area contributed by atoms with Gasteiger partial charge in [-0.15, -0.1) is 0 Å². The van der Waals surface area contributed by atoms with Crippen molar-refractivity contribution in [1.82, 2.24) is 10.6 Å². The lowest BCUT2D eigenvalue weighted by Gasteiger charge is -2.22. The summed E-state index contributed by atoms with van der Waals surface area (Å²) in [5, 5.41) is 5.38. The number of carbonyl (C=O) groups is 3. The van der Waals surface area contributed by atoms with E-state index in [1.165, 1.54) is 7.11 Å². The Morgan fingerprint density at radius 2 is 1.23 bits per heavy atom. The van der Waals surface area contributed by atoms with E-state index in [1.807, 2.05) is 84.9 Å². The maximum atomic E-state index is 13.4. The third kappa shape index (κ3) is 9.28. The molecule has 0 radical (unpaired) electrons. The van der Waals surface area contributed by atoms with Gasteiger partial charge in [-0.25, -0.2) is 9.59 Å². The summed E-state index contributed by atoms with van der Waals surface area (Å²) in [5.74, 6) is -1.15. The van der Waals surface area contributed by atoms with Gasteiger partial charge in [-0.1, -0.05) is 84.9 Å². The molecule has 0 bridgehead atoms. The number of amides is 2. The van der Waals surface area contributed by atoms with Gasteiger partial charge in [0.1, 0.15) is 18.7 Å². The molecule has 2 atom stereocenters. The monoisotopic (exact) mass is 532 g/mol. The molecule has 0 fully saturated rings. The van der Waals surface area contributed by atoms with Crippen molar-refractivity contribution in [3.05, 3.63) is 102 Å². The molecule has 9 nitrogen and oxygen atoms in total. The van der Waals surface area contributed by atoms with Crippen LogP contribution in [0.1, 0.15) is 16.7 Å². The smallest absolute Gasteiger partial charge is 0.467 e. The van der Waals surface area contributed by atoms with Crippen LogP contribution in [0.15, 0.2) is 84.9 Å². The van der Waals surface area contributed by atoms with E-state index in [0.29, 0.717) is 0 Å². The maximum Gasteiger partial charge on any atom is 0.493 e. The fraction of sp³-hybridized carbons (Fsp3) is 0.276. The van der Waals surface area contributed by atoms with Crippen LogP contribution in [0.4, 0.5) is 4.79 Å². The number of esters is 1. The first kappa shape index (κ1) is 29.4. The highest BCUT2D eigenvalue weighted by Gasteiger charge is 2.28. The third-order valence-corrected chi connectivity index (χ3v) is 6.03. The van der Waals surface area contributed by atoms with Crippen LogP contribution < -0.4 is 16.1 Å². The number of methoxy groups -OCH3 is 1. The van der Waals surface area contributed by atoms with E-state index in [0.717, 1.165) is 22.2 Å². The molecule has 0 aliphatic heterocycles. The minimum Gasteiger partial charge on any atom is -0.467 e. The molecule has 0 aliphatic rings. The Kier molecular flexibility index (Phi) is 11.5. The van der Waals surface area contributed by atoms with Crippen LogP contribution in [0, 0.1) is 0 Å². The van der Waals surface area contributed by atoms with Crippen molar-refractivity contribution in [3.63, 3.8) is 0 Å². The lowest BCUT2D eigenvalue weighted by molar-refractivity contribution is -0.145. The van der Waals surface area contributed by atoms with E-state index in [4.69, 9.17) is 18.8 Å². The number of hydrogen-bond acceptors (Lipinski definition) is 7. The highest BCUT2D eigenvalue weighted by molar-refractivity contribution is 6.61. The second-order valence-corrected chi connectivity index (χ2v) is 8.78. The highest BCUT2D eigenvalue weighted by atomic mass is 16.6. The molecule has 2 amide bonds. The van der Waals surface area contributed by atoms with Crippen molar-refractivity contribution in [3.8, 4) is 0 Å². The van der Waals surface area contributed by atoms with Gasteiger partial charge in [0.2, 0.25) is 5.91 Å². The van der Waals surface area contributed by atoms with Gasteiger partial charge in [0.25, 0.3) is 0 Å². The molecule has 39 heavy (non-hydrogen) atoms. The van der Waals surface area contributed by atoms with Crippen molar-refractivity contribution < 1.29 is 33.2 Å². The minimum absolute atomic E-state index is 0.0557. The fourth-order valence-electron chi connectivity index (χ4n) is 3.99. The van der Waals surface area contributed by atoms with Gasteiger partial charge >= 0.3 is 19.2 Å². The Hall–Kier alpha value is -4.15. The molecule has 2 N–H and O–H groups in total. The van der Waals surface area contributed by atoms with Gasteiger partial charge in [-0.3, -0.25) is 4.79 Å². The minimum atomic E-state index is -0.991. The summed E-state index contributed by atoms with van der Waals surface area (Å²) in [7, 11) is 3.83. The van der Waals surface area contributed by atoms with E-state index in [2.05, 4.69) is 10.6 Å². The van der Waals surface area contributed by atoms with E-state index in [9.17, 15) is 14.4 Å². The summed E-state index contributed by atoms with van der Waals surface area (Å²) in [6.07, 6.45) is -0.365. The number of ether oxygens (including phenoxy) is 2. The second-order valence-electron chi connectivity index (χ2n) is 8.78. The quantitative estimate of drug-likeness (QED) is 0.257.